The van der Waals surface area contributed by atoms with Crippen LogP contribution in [-0.2, 0) is 0 Å². The molecule has 0 heterocycles. The number of rotatable bonds is 2. The standard InChI is InChI=1S/C10H14N2O.2ClH/c1-7(2)10(11)12-8-5-3-4-6-9(8)13;;/h3-7,13H,1-2H3,(H2,11,12);2*1H. The SMILES string of the molecule is CC(C)C(N)=Nc1ccccc1O.Cl.Cl. The van der Waals surface area contributed by atoms with Gasteiger partial charge in [-0.25, -0.2) is 4.99 Å². The first-order chi connectivity index (χ1) is 6.11. The summed E-state index contributed by atoms with van der Waals surface area (Å²) in [6.45, 7) is 3.91. The van der Waals surface area contributed by atoms with Gasteiger partial charge in [-0.15, -0.1) is 24.8 Å². The molecule has 1 aromatic carbocycles. The number of halogens is 2. The maximum atomic E-state index is 9.38. The van der Waals surface area contributed by atoms with Gasteiger partial charge in [-0.2, -0.15) is 0 Å². The molecular formula is C10H16Cl2N2O. The molecule has 0 bridgehead atoms. The molecule has 86 valence electrons. The van der Waals surface area contributed by atoms with Gasteiger partial charge >= 0.3 is 0 Å². The lowest BCUT2D eigenvalue weighted by atomic mass is 10.2. The van der Waals surface area contributed by atoms with E-state index < -0.39 is 0 Å². The number of hydrogen-bond donors (Lipinski definition) is 2. The minimum atomic E-state index is 0. The third-order valence-corrected chi connectivity index (χ3v) is 1.72. The molecule has 0 spiro atoms. The molecule has 0 unspecified atom stereocenters. The largest absolute Gasteiger partial charge is 0.506 e. The van der Waals surface area contributed by atoms with Crippen molar-refractivity contribution in [2.75, 3.05) is 0 Å². The molecule has 3 nitrogen and oxygen atoms in total. The third kappa shape index (κ3) is 4.91. The zero-order valence-electron chi connectivity index (χ0n) is 8.68. The Labute approximate surface area is 102 Å². The first-order valence-electron chi connectivity index (χ1n) is 4.23. The van der Waals surface area contributed by atoms with E-state index in [1.807, 2.05) is 19.9 Å². The first-order valence-corrected chi connectivity index (χ1v) is 4.23. The monoisotopic (exact) mass is 250 g/mol. The Morgan fingerprint density at radius 1 is 1.27 bits per heavy atom. The topological polar surface area (TPSA) is 58.6 Å². The number of aromatic hydroxyl groups is 1. The van der Waals surface area contributed by atoms with Crippen LogP contribution in [-0.4, -0.2) is 10.9 Å². The fraction of sp³-hybridized carbons (Fsp3) is 0.300. The second kappa shape index (κ2) is 7.37. The Bertz CT molecular complexity index is 327. The van der Waals surface area contributed by atoms with Crippen molar-refractivity contribution in [3.8, 4) is 5.75 Å². The third-order valence-electron chi connectivity index (χ3n) is 1.72. The van der Waals surface area contributed by atoms with Crippen molar-refractivity contribution in [3.63, 3.8) is 0 Å². The van der Waals surface area contributed by atoms with Crippen LogP contribution in [0.15, 0.2) is 29.3 Å². The summed E-state index contributed by atoms with van der Waals surface area (Å²) in [4.78, 5) is 4.10. The molecule has 0 aliphatic heterocycles. The van der Waals surface area contributed by atoms with E-state index in [1.54, 1.807) is 18.2 Å². The number of nitrogens with two attached hydrogens (primary N) is 1. The van der Waals surface area contributed by atoms with E-state index in [0.29, 0.717) is 11.5 Å². The Hall–Kier alpha value is -0.930. The van der Waals surface area contributed by atoms with Gasteiger partial charge in [0.2, 0.25) is 0 Å². The molecule has 0 aromatic heterocycles. The van der Waals surface area contributed by atoms with Gasteiger partial charge in [0.15, 0.2) is 0 Å². The maximum absolute atomic E-state index is 9.38. The van der Waals surface area contributed by atoms with E-state index in [9.17, 15) is 5.11 Å². The van der Waals surface area contributed by atoms with Crippen molar-refractivity contribution >= 4 is 36.3 Å². The van der Waals surface area contributed by atoms with Gasteiger partial charge in [-0.1, -0.05) is 26.0 Å². The van der Waals surface area contributed by atoms with Crippen LogP contribution in [0.3, 0.4) is 0 Å². The molecule has 0 saturated carbocycles. The lowest BCUT2D eigenvalue weighted by molar-refractivity contribution is 0.477. The van der Waals surface area contributed by atoms with Gasteiger partial charge in [0.05, 0.1) is 0 Å². The molecule has 0 radical (unpaired) electrons. The quantitative estimate of drug-likeness (QED) is 0.627. The lowest BCUT2D eigenvalue weighted by Crippen LogP contribution is -2.17. The highest BCUT2D eigenvalue weighted by Gasteiger charge is 2.01. The predicted molar refractivity (Wildman–Crippen MR) is 68.7 cm³/mol. The molecule has 1 rings (SSSR count). The number of phenols is 1. The van der Waals surface area contributed by atoms with E-state index in [1.165, 1.54) is 0 Å². The molecule has 0 fully saturated rings. The van der Waals surface area contributed by atoms with Crippen LogP contribution in [0.25, 0.3) is 0 Å². The smallest absolute Gasteiger partial charge is 0.141 e. The molecule has 1 aromatic rings. The number of hydrogen-bond acceptors (Lipinski definition) is 2. The lowest BCUT2D eigenvalue weighted by Gasteiger charge is -2.04. The maximum Gasteiger partial charge on any atom is 0.141 e. The molecule has 0 aliphatic carbocycles. The fourth-order valence-corrected chi connectivity index (χ4v) is 0.827. The van der Waals surface area contributed by atoms with E-state index in [0.717, 1.165) is 0 Å². The highest BCUT2D eigenvalue weighted by atomic mass is 35.5. The summed E-state index contributed by atoms with van der Waals surface area (Å²) in [6, 6.07) is 6.88. The van der Waals surface area contributed by atoms with Gasteiger partial charge in [-0.05, 0) is 12.1 Å². The first kappa shape index (κ1) is 16.5. The summed E-state index contributed by atoms with van der Waals surface area (Å²) in [6.07, 6.45) is 0. The van der Waals surface area contributed by atoms with Crippen LogP contribution in [0, 0.1) is 5.92 Å². The molecule has 0 aliphatic rings. The second-order valence-electron chi connectivity index (χ2n) is 3.18. The zero-order chi connectivity index (χ0) is 9.84. The summed E-state index contributed by atoms with van der Waals surface area (Å²) in [5, 5.41) is 9.38. The van der Waals surface area contributed by atoms with E-state index >= 15 is 0 Å². The summed E-state index contributed by atoms with van der Waals surface area (Å²) in [5.41, 5.74) is 6.18. The average molecular weight is 251 g/mol. The number of phenolic OH excluding ortho intramolecular Hbond substituents is 1. The molecule has 0 saturated heterocycles. The van der Waals surface area contributed by atoms with Crippen LogP contribution >= 0.6 is 24.8 Å². The van der Waals surface area contributed by atoms with E-state index in [-0.39, 0.29) is 36.5 Å². The average Bonchev–Trinajstić information content (AvgIpc) is 2.08. The van der Waals surface area contributed by atoms with Crippen LogP contribution in [0.1, 0.15) is 13.8 Å². The molecule has 15 heavy (non-hydrogen) atoms. The Morgan fingerprint density at radius 2 is 1.80 bits per heavy atom. The van der Waals surface area contributed by atoms with Gasteiger partial charge in [0.1, 0.15) is 17.3 Å². The van der Waals surface area contributed by atoms with Crippen molar-refractivity contribution in [1.29, 1.82) is 0 Å². The van der Waals surface area contributed by atoms with Crippen LogP contribution < -0.4 is 5.73 Å². The zero-order valence-corrected chi connectivity index (χ0v) is 10.3. The Kier molecular flexibility index (Phi) is 8.11. The molecule has 0 atom stereocenters. The van der Waals surface area contributed by atoms with Crippen LogP contribution in [0.2, 0.25) is 0 Å². The predicted octanol–water partition coefficient (Wildman–Crippen LogP) is 2.88. The number of benzene rings is 1. The summed E-state index contributed by atoms with van der Waals surface area (Å²) in [7, 11) is 0. The molecule has 0 amide bonds. The fourth-order valence-electron chi connectivity index (χ4n) is 0.827. The van der Waals surface area contributed by atoms with E-state index in [2.05, 4.69) is 4.99 Å². The van der Waals surface area contributed by atoms with Crippen molar-refractivity contribution in [3.05, 3.63) is 24.3 Å². The normalized spacial score (nSPS) is 10.5. The summed E-state index contributed by atoms with van der Waals surface area (Å²) >= 11 is 0. The number of nitrogens with zero attached hydrogens (tertiary/aromatic N) is 1. The van der Waals surface area contributed by atoms with Gasteiger partial charge < -0.3 is 10.8 Å². The Morgan fingerprint density at radius 3 is 2.27 bits per heavy atom. The van der Waals surface area contributed by atoms with Crippen molar-refractivity contribution < 1.29 is 5.11 Å². The van der Waals surface area contributed by atoms with Crippen molar-refractivity contribution in [1.82, 2.24) is 0 Å². The number of aliphatic imine (C=N–C) groups is 1. The van der Waals surface area contributed by atoms with Crippen LogP contribution in [0.4, 0.5) is 5.69 Å². The van der Waals surface area contributed by atoms with Gasteiger partial charge in [0, 0.05) is 5.92 Å². The highest BCUT2D eigenvalue weighted by Crippen LogP contribution is 2.25. The van der Waals surface area contributed by atoms with Crippen LogP contribution in [0.5, 0.6) is 5.75 Å². The number of amidine groups is 1. The van der Waals surface area contributed by atoms with Gasteiger partial charge in [-0.3, -0.25) is 0 Å². The Balaban J connectivity index is 0. The second-order valence-corrected chi connectivity index (χ2v) is 3.18. The van der Waals surface area contributed by atoms with Gasteiger partial charge in [0.25, 0.3) is 0 Å². The summed E-state index contributed by atoms with van der Waals surface area (Å²) < 4.78 is 0. The van der Waals surface area contributed by atoms with Crippen molar-refractivity contribution in [2.24, 2.45) is 16.6 Å². The molecule has 5 heteroatoms. The minimum absolute atomic E-state index is 0. The summed E-state index contributed by atoms with van der Waals surface area (Å²) in [5.74, 6) is 0.882. The minimum Gasteiger partial charge on any atom is -0.506 e. The molecular weight excluding hydrogens is 235 g/mol. The van der Waals surface area contributed by atoms with Crippen molar-refractivity contribution in [2.45, 2.75) is 13.8 Å². The highest BCUT2D eigenvalue weighted by molar-refractivity contribution is 5.86. The number of para-hydroxylation sites is 2. The molecule has 3 N–H and O–H groups in total. The van der Waals surface area contributed by atoms with E-state index in [4.69, 9.17) is 5.73 Å².